The molecule has 2 rings (SSSR count). The minimum absolute atomic E-state index is 0.220. The van der Waals surface area contributed by atoms with Crippen LogP contribution in [-0.2, 0) is 14.4 Å². The minimum atomic E-state index is -1.06. The van der Waals surface area contributed by atoms with Crippen LogP contribution >= 0.6 is 27.7 Å². The fraction of sp³-hybridized carbons (Fsp3) is 0.267. The van der Waals surface area contributed by atoms with E-state index < -0.39 is 23.1 Å². The third-order valence-electron chi connectivity index (χ3n) is 3.02. The lowest BCUT2D eigenvalue weighted by Crippen LogP contribution is -2.26. The average molecular weight is 444 g/mol. The highest BCUT2D eigenvalue weighted by atomic mass is 79.9. The molecule has 2 N–H and O–H groups in total. The van der Waals surface area contributed by atoms with E-state index in [1.165, 1.54) is 20.2 Å². The Bertz CT molecular complexity index is 811. The van der Waals surface area contributed by atoms with Crippen molar-refractivity contribution in [3.8, 4) is 11.5 Å². The van der Waals surface area contributed by atoms with Crippen molar-refractivity contribution >= 4 is 56.9 Å². The number of carboxylic acids is 1. The number of thioether (sulfide) groups is 1. The van der Waals surface area contributed by atoms with Crippen LogP contribution in [0.4, 0.5) is 0 Å². The van der Waals surface area contributed by atoms with E-state index in [4.69, 9.17) is 14.6 Å². The first kappa shape index (κ1) is 19.9. The molecule has 1 atom stereocenters. The zero-order valence-electron chi connectivity index (χ0n) is 13.7. The molecule has 1 amide bonds. The first-order chi connectivity index (χ1) is 12.3. The van der Waals surface area contributed by atoms with Crippen LogP contribution in [0, 0.1) is 0 Å². The van der Waals surface area contributed by atoms with Gasteiger partial charge in [-0.15, -0.1) is 5.10 Å². The highest BCUT2D eigenvalue weighted by Crippen LogP contribution is 2.33. The number of methoxy groups -OCH3 is 1. The quantitative estimate of drug-likeness (QED) is 0.296. The van der Waals surface area contributed by atoms with Gasteiger partial charge in [-0.2, -0.15) is 5.10 Å². The smallest absolute Gasteiger partial charge is 0.308 e. The standard InChI is InChI=1S/C15H14BrN3O6S/c1-7(20)25-11-4-9(16)8(3-10(11)24-2)6-17-19-15-18-14(23)12(26-15)5-13(21)22/h3-4,6,12H,5H2,1-2H3,(H,21,22)(H,18,19,23). The lowest BCUT2D eigenvalue weighted by molar-refractivity contribution is -0.138. The second-order valence-electron chi connectivity index (χ2n) is 4.96. The van der Waals surface area contributed by atoms with Gasteiger partial charge in [0.25, 0.3) is 0 Å². The van der Waals surface area contributed by atoms with Gasteiger partial charge < -0.3 is 19.9 Å². The zero-order chi connectivity index (χ0) is 19.3. The summed E-state index contributed by atoms with van der Waals surface area (Å²) >= 11 is 4.34. The van der Waals surface area contributed by atoms with Gasteiger partial charge in [0.2, 0.25) is 5.91 Å². The number of carbonyl (C=O) groups excluding carboxylic acids is 2. The number of amidine groups is 1. The monoisotopic (exact) mass is 443 g/mol. The normalized spacial score (nSPS) is 18.2. The molecule has 0 radical (unpaired) electrons. The predicted molar refractivity (Wildman–Crippen MR) is 98.8 cm³/mol. The Morgan fingerprint density at radius 2 is 2.15 bits per heavy atom. The molecular weight excluding hydrogens is 430 g/mol. The number of rotatable bonds is 6. The number of nitrogens with zero attached hydrogens (tertiary/aromatic N) is 2. The number of carbonyl (C=O) groups is 3. The SMILES string of the molecule is COc1cc(C=NN=C2NC(=O)C(CC(=O)O)S2)c(Br)cc1OC(C)=O. The molecule has 1 aliphatic rings. The van der Waals surface area contributed by atoms with Crippen molar-refractivity contribution in [1.82, 2.24) is 5.32 Å². The molecule has 9 nitrogen and oxygen atoms in total. The minimum Gasteiger partial charge on any atom is -0.493 e. The summed E-state index contributed by atoms with van der Waals surface area (Å²) in [6, 6.07) is 3.16. The molecule has 1 heterocycles. The summed E-state index contributed by atoms with van der Waals surface area (Å²) in [6.07, 6.45) is 1.12. The maximum Gasteiger partial charge on any atom is 0.308 e. The Morgan fingerprint density at radius 3 is 2.77 bits per heavy atom. The van der Waals surface area contributed by atoms with Gasteiger partial charge in [0.05, 0.1) is 19.7 Å². The number of carboxylic acid groups (broad SMARTS) is 1. The van der Waals surface area contributed by atoms with Crippen LogP contribution < -0.4 is 14.8 Å². The van der Waals surface area contributed by atoms with Crippen LogP contribution in [0.15, 0.2) is 26.8 Å². The number of amides is 1. The van der Waals surface area contributed by atoms with Gasteiger partial charge >= 0.3 is 11.9 Å². The Labute approximate surface area is 161 Å². The second-order valence-corrected chi connectivity index (χ2v) is 7.01. The van der Waals surface area contributed by atoms with E-state index in [9.17, 15) is 14.4 Å². The summed E-state index contributed by atoms with van der Waals surface area (Å²) in [5.41, 5.74) is 0.596. The molecule has 11 heteroatoms. The molecule has 0 aromatic heterocycles. The molecule has 1 aromatic rings. The molecule has 1 unspecified atom stereocenters. The lowest BCUT2D eigenvalue weighted by Gasteiger charge is -2.09. The van der Waals surface area contributed by atoms with Crippen LogP contribution in [-0.4, -0.2) is 46.7 Å². The van der Waals surface area contributed by atoms with Gasteiger partial charge in [0.1, 0.15) is 5.25 Å². The van der Waals surface area contributed by atoms with Crippen LogP contribution in [0.1, 0.15) is 18.9 Å². The van der Waals surface area contributed by atoms with Crippen molar-refractivity contribution in [3.05, 3.63) is 22.2 Å². The molecule has 1 aliphatic heterocycles. The number of nitrogens with one attached hydrogen (secondary N) is 1. The van der Waals surface area contributed by atoms with Crippen molar-refractivity contribution in [1.29, 1.82) is 0 Å². The van der Waals surface area contributed by atoms with Crippen LogP contribution in [0.2, 0.25) is 0 Å². The molecule has 26 heavy (non-hydrogen) atoms. The fourth-order valence-corrected chi connectivity index (χ4v) is 3.27. The van der Waals surface area contributed by atoms with E-state index >= 15 is 0 Å². The topological polar surface area (TPSA) is 127 Å². The number of benzene rings is 1. The zero-order valence-corrected chi connectivity index (χ0v) is 16.1. The summed E-state index contributed by atoms with van der Waals surface area (Å²) in [6.45, 7) is 1.28. The number of hydrogen-bond donors (Lipinski definition) is 2. The van der Waals surface area contributed by atoms with E-state index in [1.54, 1.807) is 12.1 Å². The van der Waals surface area contributed by atoms with Crippen molar-refractivity contribution in [3.63, 3.8) is 0 Å². The second kappa shape index (κ2) is 8.81. The summed E-state index contributed by atoms with van der Waals surface area (Å²) < 4.78 is 10.8. The molecule has 0 bridgehead atoms. The van der Waals surface area contributed by atoms with Gasteiger partial charge in [-0.05, 0) is 28.1 Å². The predicted octanol–water partition coefficient (Wildman–Crippen LogP) is 1.78. The van der Waals surface area contributed by atoms with Crippen LogP contribution in [0.3, 0.4) is 0 Å². The van der Waals surface area contributed by atoms with E-state index in [1.807, 2.05) is 0 Å². The first-order valence-corrected chi connectivity index (χ1v) is 8.83. The van der Waals surface area contributed by atoms with Gasteiger partial charge in [0, 0.05) is 17.0 Å². The maximum absolute atomic E-state index is 11.6. The summed E-state index contributed by atoms with van der Waals surface area (Å²) in [7, 11) is 1.44. The van der Waals surface area contributed by atoms with E-state index in [-0.39, 0.29) is 17.3 Å². The Hall–Kier alpha value is -2.40. The number of aliphatic carboxylic acids is 1. The van der Waals surface area contributed by atoms with Crippen LogP contribution in [0.5, 0.6) is 11.5 Å². The highest BCUT2D eigenvalue weighted by molar-refractivity contribution is 9.10. The highest BCUT2D eigenvalue weighted by Gasteiger charge is 2.32. The largest absolute Gasteiger partial charge is 0.493 e. The molecular formula is C15H14BrN3O6S. The van der Waals surface area contributed by atoms with Crippen molar-refractivity contribution in [2.45, 2.75) is 18.6 Å². The first-order valence-electron chi connectivity index (χ1n) is 7.16. The Morgan fingerprint density at radius 1 is 1.42 bits per heavy atom. The lowest BCUT2D eigenvalue weighted by atomic mass is 10.2. The number of ether oxygens (including phenoxy) is 2. The third kappa shape index (κ3) is 5.30. The molecule has 1 saturated heterocycles. The molecule has 1 aromatic carbocycles. The number of esters is 1. The van der Waals surface area contributed by atoms with Gasteiger partial charge in [-0.3, -0.25) is 14.4 Å². The molecule has 0 aliphatic carbocycles. The molecule has 138 valence electrons. The Balaban J connectivity index is 2.14. The van der Waals surface area contributed by atoms with E-state index in [2.05, 4.69) is 31.4 Å². The number of hydrogen-bond acceptors (Lipinski definition) is 8. The molecule has 0 saturated carbocycles. The van der Waals surface area contributed by atoms with Gasteiger partial charge in [0.15, 0.2) is 16.7 Å². The number of halogens is 1. The van der Waals surface area contributed by atoms with Gasteiger partial charge in [-0.25, -0.2) is 0 Å². The maximum atomic E-state index is 11.6. The molecule has 0 spiro atoms. The Kier molecular flexibility index (Phi) is 6.75. The van der Waals surface area contributed by atoms with Gasteiger partial charge in [-0.1, -0.05) is 11.8 Å². The van der Waals surface area contributed by atoms with Crippen molar-refractivity contribution < 1.29 is 29.0 Å². The summed E-state index contributed by atoms with van der Waals surface area (Å²) in [4.78, 5) is 33.4. The summed E-state index contributed by atoms with van der Waals surface area (Å²) in [5.74, 6) is -1.37. The van der Waals surface area contributed by atoms with E-state index in [0.29, 0.717) is 15.8 Å². The fourth-order valence-electron chi connectivity index (χ4n) is 1.93. The average Bonchev–Trinajstić information content (AvgIpc) is 2.88. The summed E-state index contributed by atoms with van der Waals surface area (Å²) in [5, 5.41) is 18.5. The van der Waals surface area contributed by atoms with Crippen molar-refractivity contribution in [2.24, 2.45) is 10.2 Å². The van der Waals surface area contributed by atoms with Crippen molar-refractivity contribution in [2.75, 3.05) is 7.11 Å². The van der Waals surface area contributed by atoms with Crippen LogP contribution in [0.25, 0.3) is 0 Å². The van der Waals surface area contributed by atoms with E-state index in [0.717, 1.165) is 11.8 Å². The molecule has 1 fully saturated rings. The third-order valence-corrected chi connectivity index (χ3v) is 4.78.